The van der Waals surface area contributed by atoms with E-state index in [1.54, 1.807) is 13.0 Å². The van der Waals surface area contributed by atoms with Crippen LogP contribution in [0.3, 0.4) is 0 Å². The maximum absolute atomic E-state index is 12.5. The summed E-state index contributed by atoms with van der Waals surface area (Å²) in [5.74, 6) is 0.200. The van der Waals surface area contributed by atoms with E-state index in [1.807, 2.05) is 24.3 Å². The summed E-state index contributed by atoms with van der Waals surface area (Å²) < 4.78 is 10.8. The van der Waals surface area contributed by atoms with E-state index in [2.05, 4.69) is 12.2 Å². The van der Waals surface area contributed by atoms with Crippen LogP contribution in [0.25, 0.3) is 6.08 Å². The fourth-order valence-electron chi connectivity index (χ4n) is 3.29. The highest BCUT2D eigenvalue weighted by molar-refractivity contribution is 7.17. The monoisotopic (exact) mass is 413 g/mol. The Kier molecular flexibility index (Phi) is 7.47. The number of anilines is 1. The van der Waals surface area contributed by atoms with Crippen molar-refractivity contribution in [3.05, 3.63) is 51.9 Å². The van der Waals surface area contributed by atoms with Gasteiger partial charge in [0.05, 0.1) is 18.8 Å². The van der Waals surface area contributed by atoms with Crippen LogP contribution in [-0.2, 0) is 22.4 Å². The number of thiophene rings is 1. The lowest BCUT2D eigenvalue weighted by Crippen LogP contribution is -2.14. The summed E-state index contributed by atoms with van der Waals surface area (Å²) in [6, 6.07) is 7.59. The van der Waals surface area contributed by atoms with Crippen LogP contribution in [0.2, 0.25) is 0 Å². The van der Waals surface area contributed by atoms with Gasteiger partial charge in [-0.25, -0.2) is 4.79 Å². The number of amides is 1. The molecule has 1 aliphatic rings. The third-order valence-corrected chi connectivity index (χ3v) is 5.87. The van der Waals surface area contributed by atoms with E-state index >= 15 is 0 Å². The molecule has 0 spiro atoms. The molecule has 1 aliphatic carbocycles. The van der Waals surface area contributed by atoms with Crippen molar-refractivity contribution in [2.24, 2.45) is 0 Å². The predicted octanol–water partition coefficient (Wildman–Crippen LogP) is 5.24. The number of esters is 1. The zero-order valence-corrected chi connectivity index (χ0v) is 17.8. The van der Waals surface area contributed by atoms with Gasteiger partial charge in [0.15, 0.2) is 0 Å². The molecule has 1 amide bonds. The van der Waals surface area contributed by atoms with Gasteiger partial charge in [0.25, 0.3) is 0 Å². The van der Waals surface area contributed by atoms with Crippen LogP contribution in [0.4, 0.5) is 5.00 Å². The number of benzene rings is 1. The molecule has 1 N–H and O–H groups in total. The molecule has 0 saturated heterocycles. The van der Waals surface area contributed by atoms with E-state index in [0.29, 0.717) is 23.8 Å². The largest absolute Gasteiger partial charge is 0.494 e. The topological polar surface area (TPSA) is 64.6 Å². The molecule has 1 aromatic carbocycles. The molecule has 0 radical (unpaired) electrons. The molecule has 0 atom stereocenters. The average molecular weight is 414 g/mol. The first kappa shape index (κ1) is 21.1. The first-order valence-electron chi connectivity index (χ1n) is 10.2. The third kappa shape index (κ3) is 5.48. The quantitative estimate of drug-likeness (QED) is 0.474. The molecule has 1 heterocycles. The van der Waals surface area contributed by atoms with Crippen molar-refractivity contribution >= 4 is 34.3 Å². The zero-order chi connectivity index (χ0) is 20.6. The maximum Gasteiger partial charge on any atom is 0.341 e. The second kappa shape index (κ2) is 10.3. The molecule has 2 aromatic rings. The van der Waals surface area contributed by atoms with E-state index in [0.717, 1.165) is 49.0 Å². The second-order valence-electron chi connectivity index (χ2n) is 6.88. The highest BCUT2D eigenvalue weighted by Crippen LogP contribution is 2.38. The lowest BCUT2D eigenvalue weighted by molar-refractivity contribution is -0.111. The Hall–Kier alpha value is -2.60. The Labute approximate surface area is 175 Å². The minimum absolute atomic E-state index is 0.263. The van der Waals surface area contributed by atoms with Crippen molar-refractivity contribution in [2.45, 2.75) is 46.0 Å². The van der Waals surface area contributed by atoms with Gasteiger partial charge in [-0.3, -0.25) is 4.79 Å². The zero-order valence-electron chi connectivity index (χ0n) is 17.0. The predicted molar refractivity (Wildman–Crippen MR) is 117 cm³/mol. The first-order valence-corrected chi connectivity index (χ1v) is 11.0. The smallest absolute Gasteiger partial charge is 0.341 e. The summed E-state index contributed by atoms with van der Waals surface area (Å²) in [7, 11) is 0. The summed E-state index contributed by atoms with van der Waals surface area (Å²) >= 11 is 1.49. The molecule has 0 unspecified atom stereocenters. The van der Waals surface area contributed by atoms with E-state index in [9.17, 15) is 9.59 Å². The molecule has 29 heavy (non-hydrogen) atoms. The van der Waals surface area contributed by atoms with Crippen molar-refractivity contribution in [2.75, 3.05) is 18.5 Å². The van der Waals surface area contributed by atoms with Crippen LogP contribution in [0, 0.1) is 0 Å². The maximum atomic E-state index is 12.5. The van der Waals surface area contributed by atoms with Gasteiger partial charge in [-0.15, -0.1) is 11.3 Å². The van der Waals surface area contributed by atoms with Crippen LogP contribution in [-0.4, -0.2) is 25.1 Å². The Balaban J connectivity index is 1.70. The second-order valence-corrected chi connectivity index (χ2v) is 7.98. The molecular weight excluding hydrogens is 386 g/mol. The molecule has 1 aromatic heterocycles. The number of hydrogen-bond donors (Lipinski definition) is 1. The van der Waals surface area contributed by atoms with Gasteiger partial charge < -0.3 is 14.8 Å². The van der Waals surface area contributed by atoms with E-state index in [1.165, 1.54) is 22.3 Å². The van der Waals surface area contributed by atoms with Gasteiger partial charge in [0, 0.05) is 11.0 Å². The number of rotatable bonds is 8. The number of ether oxygens (including phenoxy) is 2. The Morgan fingerprint density at radius 3 is 2.62 bits per heavy atom. The number of aryl methyl sites for hydroxylation is 1. The van der Waals surface area contributed by atoms with Crippen molar-refractivity contribution in [3.63, 3.8) is 0 Å². The van der Waals surface area contributed by atoms with Crippen molar-refractivity contribution < 1.29 is 19.1 Å². The van der Waals surface area contributed by atoms with Crippen molar-refractivity contribution in [1.29, 1.82) is 0 Å². The van der Waals surface area contributed by atoms with Crippen LogP contribution < -0.4 is 10.1 Å². The number of hydrogen-bond acceptors (Lipinski definition) is 5. The van der Waals surface area contributed by atoms with Crippen LogP contribution in [0.1, 0.15) is 59.5 Å². The normalized spacial score (nSPS) is 13.2. The lowest BCUT2D eigenvalue weighted by Gasteiger charge is -2.12. The molecule has 3 rings (SSSR count). The standard InChI is InChI=1S/C23H27NO4S/c1-3-15-28-17-12-9-16(10-13-17)11-14-20(25)24-22-21(23(26)27-4-2)18-7-5-6-8-19(18)29-22/h9-14H,3-8,15H2,1-2H3,(H,24,25)/b14-11+. The Bertz CT molecular complexity index is 883. The lowest BCUT2D eigenvalue weighted by atomic mass is 9.95. The van der Waals surface area contributed by atoms with Crippen LogP contribution in [0.15, 0.2) is 30.3 Å². The van der Waals surface area contributed by atoms with Crippen molar-refractivity contribution in [3.8, 4) is 5.75 Å². The summed E-state index contributed by atoms with van der Waals surface area (Å²) in [6.07, 6.45) is 8.17. The number of fused-ring (bicyclic) bond motifs is 1. The molecule has 0 bridgehead atoms. The average Bonchev–Trinajstić information content (AvgIpc) is 3.09. The molecule has 0 aliphatic heterocycles. The van der Waals surface area contributed by atoms with Gasteiger partial charge >= 0.3 is 5.97 Å². The van der Waals surface area contributed by atoms with Gasteiger partial charge in [-0.05, 0) is 68.4 Å². The minimum Gasteiger partial charge on any atom is -0.494 e. The van der Waals surface area contributed by atoms with Gasteiger partial charge in [0.2, 0.25) is 5.91 Å². The van der Waals surface area contributed by atoms with E-state index in [4.69, 9.17) is 9.47 Å². The molecular formula is C23H27NO4S. The van der Waals surface area contributed by atoms with Gasteiger partial charge in [0.1, 0.15) is 10.8 Å². The van der Waals surface area contributed by atoms with Crippen LogP contribution >= 0.6 is 11.3 Å². The number of nitrogens with one attached hydrogen (secondary N) is 1. The SMILES string of the molecule is CCCOc1ccc(/C=C/C(=O)Nc2sc3c(c2C(=O)OCC)CCCC3)cc1. The van der Waals surface area contributed by atoms with Crippen molar-refractivity contribution in [1.82, 2.24) is 0 Å². The third-order valence-electron chi connectivity index (χ3n) is 4.67. The molecule has 5 nitrogen and oxygen atoms in total. The van der Waals surface area contributed by atoms with Gasteiger partial charge in [-0.2, -0.15) is 0 Å². The Morgan fingerprint density at radius 1 is 1.14 bits per heavy atom. The fraction of sp³-hybridized carbons (Fsp3) is 0.391. The summed E-state index contributed by atoms with van der Waals surface area (Å²) in [6.45, 7) is 4.85. The summed E-state index contributed by atoms with van der Waals surface area (Å²) in [5, 5.41) is 3.47. The summed E-state index contributed by atoms with van der Waals surface area (Å²) in [4.78, 5) is 26.1. The first-order chi connectivity index (χ1) is 14.1. The fourth-order valence-corrected chi connectivity index (χ4v) is 4.57. The van der Waals surface area contributed by atoms with Crippen LogP contribution in [0.5, 0.6) is 5.75 Å². The summed E-state index contributed by atoms with van der Waals surface area (Å²) in [5.41, 5.74) is 2.48. The molecule has 6 heteroatoms. The highest BCUT2D eigenvalue weighted by Gasteiger charge is 2.26. The highest BCUT2D eigenvalue weighted by atomic mass is 32.1. The van der Waals surface area contributed by atoms with E-state index < -0.39 is 0 Å². The minimum atomic E-state index is -0.353. The molecule has 0 saturated carbocycles. The number of carbonyl (C=O) groups excluding carboxylic acids is 2. The Morgan fingerprint density at radius 2 is 1.90 bits per heavy atom. The van der Waals surface area contributed by atoms with Gasteiger partial charge in [-0.1, -0.05) is 19.1 Å². The number of carbonyl (C=O) groups is 2. The molecule has 154 valence electrons. The van der Waals surface area contributed by atoms with E-state index in [-0.39, 0.29) is 11.9 Å². The molecule has 0 fully saturated rings.